The maximum atomic E-state index is 13.4. The number of amides is 1. The van der Waals surface area contributed by atoms with Crippen molar-refractivity contribution in [3.05, 3.63) is 114 Å². The molecule has 4 aromatic carbocycles. The van der Waals surface area contributed by atoms with Crippen LogP contribution in [0.15, 0.2) is 102 Å². The van der Waals surface area contributed by atoms with Crippen molar-refractivity contribution in [2.45, 2.75) is 31.2 Å². The summed E-state index contributed by atoms with van der Waals surface area (Å²) >= 11 is 0. The van der Waals surface area contributed by atoms with Crippen molar-refractivity contribution in [1.29, 1.82) is 0 Å². The molecule has 1 aliphatic heterocycles. The number of carbonyl (C=O) groups is 1. The second kappa shape index (κ2) is 9.51. The monoisotopic (exact) mass is 498 g/mol. The van der Waals surface area contributed by atoms with Crippen LogP contribution in [0.2, 0.25) is 0 Å². The number of para-hydroxylation sites is 1. The Hall–Kier alpha value is -4.10. The number of hydrogen-bond acceptors (Lipinski definition) is 4. The number of hydrogen-bond donors (Lipinski definition) is 1. The van der Waals surface area contributed by atoms with Crippen molar-refractivity contribution in [3.63, 3.8) is 0 Å². The molecule has 0 spiro atoms. The summed E-state index contributed by atoms with van der Waals surface area (Å²) in [6.07, 6.45) is 0.535. The first kappa shape index (κ1) is 23.6. The predicted octanol–water partition coefficient (Wildman–Crippen LogP) is 6.18. The summed E-state index contributed by atoms with van der Waals surface area (Å²) in [4.78, 5) is 13.2. The van der Waals surface area contributed by atoms with Crippen LogP contribution in [0, 0.1) is 6.92 Å². The molecular formula is C29H26N2O4S. The molecule has 0 aliphatic carbocycles. The smallest absolute Gasteiger partial charge is 0.264 e. The number of ether oxygens (including phenoxy) is 1. The molecule has 1 atom stereocenters. The first-order valence-electron chi connectivity index (χ1n) is 11.7. The fourth-order valence-electron chi connectivity index (χ4n) is 4.37. The van der Waals surface area contributed by atoms with Gasteiger partial charge < -0.3 is 10.1 Å². The van der Waals surface area contributed by atoms with Crippen LogP contribution in [0.25, 0.3) is 0 Å². The second-order valence-corrected chi connectivity index (χ2v) is 10.7. The summed E-state index contributed by atoms with van der Waals surface area (Å²) in [6, 6.07) is 28.4. The van der Waals surface area contributed by atoms with Crippen LogP contribution < -0.4 is 14.4 Å². The molecule has 0 fully saturated rings. The first-order chi connectivity index (χ1) is 17.3. The number of nitrogens with zero attached hydrogens (tertiary/aromatic N) is 1. The summed E-state index contributed by atoms with van der Waals surface area (Å²) < 4.78 is 34.0. The van der Waals surface area contributed by atoms with E-state index in [2.05, 4.69) is 5.32 Å². The van der Waals surface area contributed by atoms with Gasteiger partial charge in [0.15, 0.2) is 0 Å². The average molecular weight is 499 g/mol. The maximum Gasteiger partial charge on any atom is 0.264 e. The maximum absolute atomic E-state index is 13.4. The van der Waals surface area contributed by atoms with Crippen molar-refractivity contribution in [3.8, 4) is 11.5 Å². The number of rotatable bonds is 6. The third-order valence-electron chi connectivity index (χ3n) is 6.16. The molecule has 0 aromatic heterocycles. The van der Waals surface area contributed by atoms with Gasteiger partial charge in [-0.15, -0.1) is 0 Å². The second-order valence-electron chi connectivity index (χ2n) is 8.90. The number of carbonyl (C=O) groups excluding carboxylic acids is 1. The van der Waals surface area contributed by atoms with Crippen LogP contribution in [-0.2, 0) is 16.4 Å². The Bertz CT molecular complexity index is 1500. The minimum absolute atomic E-state index is 0.248. The van der Waals surface area contributed by atoms with E-state index in [1.165, 1.54) is 4.31 Å². The summed E-state index contributed by atoms with van der Waals surface area (Å²) in [6.45, 7) is 3.80. The van der Waals surface area contributed by atoms with Crippen molar-refractivity contribution in [2.24, 2.45) is 0 Å². The van der Waals surface area contributed by atoms with E-state index in [9.17, 15) is 13.2 Å². The molecule has 5 rings (SSSR count). The van der Waals surface area contributed by atoms with E-state index in [0.29, 0.717) is 29.1 Å². The van der Waals surface area contributed by atoms with Gasteiger partial charge in [-0.05, 0) is 92.6 Å². The van der Waals surface area contributed by atoms with Crippen LogP contribution in [-0.4, -0.2) is 20.4 Å². The molecule has 1 heterocycles. The van der Waals surface area contributed by atoms with Crippen LogP contribution in [0.3, 0.4) is 0 Å². The zero-order valence-electron chi connectivity index (χ0n) is 20.0. The summed E-state index contributed by atoms with van der Waals surface area (Å²) in [5.41, 5.74) is 3.55. The Balaban J connectivity index is 1.32. The number of nitrogens with one attached hydrogen (secondary N) is 1. The largest absolute Gasteiger partial charge is 0.457 e. The minimum Gasteiger partial charge on any atom is -0.457 e. The van der Waals surface area contributed by atoms with E-state index in [1.54, 1.807) is 66.7 Å². The van der Waals surface area contributed by atoms with Crippen molar-refractivity contribution in [2.75, 3.05) is 9.62 Å². The Morgan fingerprint density at radius 1 is 0.889 bits per heavy atom. The van der Waals surface area contributed by atoms with Gasteiger partial charge in [0.05, 0.1) is 10.6 Å². The molecule has 0 bridgehead atoms. The van der Waals surface area contributed by atoms with Gasteiger partial charge in [-0.25, -0.2) is 8.42 Å². The summed E-state index contributed by atoms with van der Waals surface area (Å²) in [7, 11) is -3.71. The first-order valence-corrected chi connectivity index (χ1v) is 13.1. The lowest BCUT2D eigenvalue weighted by atomic mass is 10.1. The van der Waals surface area contributed by atoms with E-state index in [4.69, 9.17) is 4.74 Å². The van der Waals surface area contributed by atoms with Crippen molar-refractivity contribution >= 4 is 27.3 Å². The van der Waals surface area contributed by atoms with Gasteiger partial charge in [0.1, 0.15) is 11.5 Å². The van der Waals surface area contributed by atoms with Gasteiger partial charge in [-0.2, -0.15) is 0 Å². The Labute approximate surface area is 211 Å². The fourth-order valence-corrected chi connectivity index (χ4v) is 6.06. The molecule has 0 radical (unpaired) electrons. The molecule has 36 heavy (non-hydrogen) atoms. The highest BCUT2D eigenvalue weighted by Gasteiger charge is 2.36. The zero-order valence-corrected chi connectivity index (χ0v) is 20.8. The molecule has 0 saturated carbocycles. The predicted molar refractivity (Wildman–Crippen MR) is 141 cm³/mol. The Morgan fingerprint density at radius 3 is 2.25 bits per heavy atom. The van der Waals surface area contributed by atoms with E-state index in [-0.39, 0.29) is 16.8 Å². The molecule has 6 nitrogen and oxygen atoms in total. The lowest BCUT2D eigenvalue weighted by Gasteiger charge is -2.24. The van der Waals surface area contributed by atoms with Crippen LogP contribution in [0.5, 0.6) is 11.5 Å². The number of aryl methyl sites for hydroxylation is 1. The van der Waals surface area contributed by atoms with Gasteiger partial charge in [-0.3, -0.25) is 9.10 Å². The molecule has 0 unspecified atom stereocenters. The number of sulfonamides is 1. The quantitative estimate of drug-likeness (QED) is 0.344. The van der Waals surface area contributed by atoms with Crippen LogP contribution in [0.4, 0.5) is 11.4 Å². The van der Waals surface area contributed by atoms with Crippen LogP contribution in [0.1, 0.15) is 28.4 Å². The molecule has 7 heteroatoms. The highest BCUT2D eigenvalue weighted by Crippen LogP contribution is 2.37. The molecule has 0 saturated heterocycles. The number of anilines is 2. The highest BCUT2D eigenvalue weighted by molar-refractivity contribution is 7.92. The third kappa shape index (κ3) is 4.70. The molecule has 1 aliphatic rings. The van der Waals surface area contributed by atoms with Gasteiger partial charge in [0.25, 0.3) is 15.9 Å². The highest BCUT2D eigenvalue weighted by atomic mass is 32.2. The molecule has 182 valence electrons. The van der Waals surface area contributed by atoms with Gasteiger partial charge in [0.2, 0.25) is 0 Å². The minimum atomic E-state index is -3.71. The standard InChI is InChI=1S/C29H26N2O4S/c1-20-8-15-27(16-9-20)36(33,34)31-21(2)18-23-19-22(10-17-28(23)31)29(32)30-24-11-13-26(14-12-24)35-25-6-4-3-5-7-25/h3-17,19,21H,18H2,1-2H3,(H,30,32)/t21-/m0/s1. The number of fused-ring (bicyclic) bond motifs is 1. The van der Waals surface area contributed by atoms with Crippen molar-refractivity contribution < 1.29 is 17.9 Å². The van der Waals surface area contributed by atoms with Gasteiger partial charge in [-0.1, -0.05) is 35.9 Å². The van der Waals surface area contributed by atoms with E-state index in [1.807, 2.05) is 44.2 Å². The SMILES string of the molecule is Cc1ccc(S(=O)(=O)N2c3ccc(C(=O)Nc4ccc(Oc5ccccc5)cc4)cc3C[C@@H]2C)cc1. The summed E-state index contributed by atoms with van der Waals surface area (Å²) in [5.74, 6) is 1.14. The number of benzene rings is 4. The normalized spacial score (nSPS) is 14.8. The lowest BCUT2D eigenvalue weighted by Crippen LogP contribution is -2.35. The van der Waals surface area contributed by atoms with E-state index < -0.39 is 10.0 Å². The zero-order chi connectivity index (χ0) is 25.3. The molecule has 1 amide bonds. The topological polar surface area (TPSA) is 75.7 Å². The Morgan fingerprint density at radius 2 is 1.56 bits per heavy atom. The van der Waals surface area contributed by atoms with E-state index in [0.717, 1.165) is 16.9 Å². The van der Waals surface area contributed by atoms with Gasteiger partial charge in [0, 0.05) is 17.3 Å². The lowest BCUT2D eigenvalue weighted by molar-refractivity contribution is 0.102. The van der Waals surface area contributed by atoms with Gasteiger partial charge >= 0.3 is 0 Å². The van der Waals surface area contributed by atoms with E-state index >= 15 is 0 Å². The molecule has 1 N–H and O–H groups in total. The van der Waals surface area contributed by atoms with Crippen molar-refractivity contribution in [1.82, 2.24) is 0 Å². The average Bonchev–Trinajstić information content (AvgIpc) is 3.21. The van der Waals surface area contributed by atoms with Crippen LogP contribution >= 0.6 is 0 Å². The summed E-state index contributed by atoms with van der Waals surface area (Å²) in [5, 5.41) is 2.90. The Kier molecular flexibility index (Phi) is 6.24. The molecule has 4 aromatic rings. The fraction of sp³-hybridized carbons (Fsp3) is 0.138. The third-order valence-corrected chi connectivity index (χ3v) is 8.11. The molecular weight excluding hydrogens is 472 g/mol.